The third kappa shape index (κ3) is 4.74. The summed E-state index contributed by atoms with van der Waals surface area (Å²) >= 11 is 6.20. The molecule has 5 rings (SSSR count). The molecule has 1 aliphatic rings. The average Bonchev–Trinajstić information content (AvgIpc) is 3.20. The molecule has 2 aromatic heterocycles. The van der Waals surface area contributed by atoms with Gasteiger partial charge in [-0.1, -0.05) is 43.5 Å². The number of amides is 1. The molecular weight excluding hydrogens is 504 g/mol. The number of aromatic nitrogens is 1. The Balaban J connectivity index is 1.68. The number of carbonyl (C=O) groups excluding carboxylic acids is 1. The van der Waals surface area contributed by atoms with Crippen LogP contribution in [0.15, 0.2) is 63.8 Å². The first-order chi connectivity index (χ1) is 18.4. The second kappa shape index (κ2) is 10.9. The van der Waals surface area contributed by atoms with Gasteiger partial charge >= 0.3 is 0 Å². The molecule has 0 saturated carbocycles. The number of rotatable bonds is 9. The highest BCUT2D eigenvalue weighted by atomic mass is 35.5. The predicted octanol–water partition coefficient (Wildman–Crippen LogP) is 6.87. The largest absolute Gasteiger partial charge is 0.490 e. The van der Waals surface area contributed by atoms with E-state index in [1.807, 2.05) is 44.2 Å². The smallest absolute Gasteiger partial charge is 0.296 e. The summed E-state index contributed by atoms with van der Waals surface area (Å²) in [7, 11) is 0. The maximum atomic E-state index is 13.9. The monoisotopic (exact) mass is 532 g/mol. The van der Waals surface area contributed by atoms with Gasteiger partial charge in [-0.15, -0.1) is 0 Å². The van der Waals surface area contributed by atoms with E-state index in [2.05, 4.69) is 11.9 Å². The number of aryl methyl sites for hydroxylation is 1. The summed E-state index contributed by atoms with van der Waals surface area (Å²) < 4.78 is 18.0. The van der Waals surface area contributed by atoms with Gasteiger partial charge in [0.15, 0.2) is 16.9 Å². The highest BCUT2D eigenvalue weighted by Crippen LogP contribution is 2.43. The quantitative estimate of drug-likeness (QED) is 0.219. The van der Waals surface area contributed by atoms with Gasteiger partial charge in [-0.05, 0) is 68.3 Å². The number of anilines is 1. The van der Waals surface area contributed by atoms with E-state index < -0.39 is 11.9 Å². The standard InChI is InChI=1S/C30H29ClN2O5/c1-4-6-7-15-37-23-13-11-19(16-24(23)36-5-2)27-26-28(34)21-17-20(31)12-14-22(21)38-29(26)30(35)33(27)25-10-8-9-18(3)32-25/h8-14,16-17,27H,4-7,15H2,1-3H3. The highest BCUT2D eigenvalue weighted by Gasteiger charge is 2.44. The zero-order valence-corrected chi connectivity index (χ0v) is 22.4. The van der Waals surface area contributed by atoms with E-state index in [1.54, 1.807) is 24.3 Å². The van der Waals surface area contributed by atoms with Crippen molar-refractivity contribution in [2.75, 3.05) is 18.1 Å². The van der Waals surface area contributed by atoms with Gasteiger partial charge in [0, 0.05) is 10.7 Å². The Hall–Kier alpha value is -3.84. The number of unbranched alkanes of at least 4 members (excludes halogenated alkanes) is 2. The molecule has 1 atom stereocenters. The van der Waals surface area contributed by atoms with Crippen LogP contribution in [0, 0.1) is 6.92 Å². The van der Waals surface area contributed by atoms with E-state index in [9.17, 15) is 9.59 Å². The first-order valence-electron chi connectivity index (χ1n) is 12.9. The van der Waals surface area contributed by atoms with E-state index in [0.29, 0.717) is 52.1 Å². The van der Waals surface area contributed by atoms with Crippen LogP contribution in [0.5, 0.6) is 11.5 Å². The molecule has 0 saturated heterocycles. The van der Waals surface area contributed by atoms with E-state index >= 15 is 0 Å². The average molecular weight is 533 g/mol. The van der Waals surface area contributed by atoms with Crippen molar-refractivity contribution in [3.63, 3.8) is 0 Å². The maximum Gasteiger partial charge on any atom is 0.296 e. The van der Waals surface area contributed by atoms with Crippen molar-refractivity contribution in [1.82, 2.24) is 4.98 Å². The Morgan fingerprint density at radius 3 is 2.61 bits per heavy atom. The van der Waals surface area contributed by atoms with Crippen LogP contribution in [0.2, 0.25) is 5.02 Å². The number of nitrogens with zero attached hydrogens (tertiary/aromatic N) is 2. The molecular formula is C30H29ClN2O5. The first kappa shape index (κ1) is 25.8. The van der Waals surface area contributed by atoms with Crippen molar-refractivity contribution < 1.29 is 18.7 Å². The number of fused-ring (bicyclic) bond motifs is 2. The van der Waals surface area contributed by atoms with E-state index in [4.69, 9.17) is 25.5 Å². The summed E-state index contributed by atoms with van der Waals surface area (Å²) in [5, 5.41) is 0.722. The Labute approximate surface area is 226 Å². The molecule has 1 unspecified atom stereocenters. The summed E-state index contributed by atoms with van der Waals surface area (Å²) in [6.07, 6.45) is 3.12. The zero-order chi connectivity index (χ0) is 26.8. The highest BCUT2D eigenvalue weighted by molar-refractivity contribution is 6.31. The maximum absolute atomic E-state index is 13.9. The van der Waals surface area contributed by atoms with Gasteiger partial charge in [0.05, 0.1) is 30.2 Å². The first-order valence-corrected chi connectivity index (χ1v) is 13.2. The van der Waals surface area contributed by atoms with E-state index in [1.165, 1.54) is 4.90 Å². The van der Waals surface area contributed by atoms with Crippen LogP contribution < -0.4 is 19.8 Å². The number of pyridine rings is 1. The van der Waals surface area contributed by atoms with Gasteiger partial charge in [-0.3, -0.25) is 14.5 Å². The van der Waals surface area contributed by atoms with Crippen LogP contribution in [0.1, 0.15) is 66.5 Å². The van der Waals surface area contributed by atoms with E-state index in [0.717, 1.165) is 25.0 Å². The normalized spacial score (nSPS) is 14.7. The van der Waals surface area contributed by atoms with Gasteiger partial charge in [0.2, 0.25) is 5.76 Å². The van der Waals surface area contributed by atoms with Crippen LogP contribution >= 0.6 is 11.6 Å². The Kier molecular flexibility index (Phi) is 7.38. The van der Waals surface area contributed by atoms with Gasteiger partial charge in [-0.25, -0.2) is 4.98 Å². The van der Waals surface area contributed by atoms with Gasteiger partial charge in [0.25, 0.3) is 5.91 Å². The molecule has 0 N–H and O–H groups in total. The lowest BCUT2D eigenvalue weighted by atomic mass is 9.98. The zero-order valence-electron chi connectivity index (χ0n) is 21.6. The molecule has 0 fully saturated rings. The summed E-state index contributed by atoms with van der Waals surface area (Å²) in [5.41, 5.74) is 1.66. The summed E-state index contributed by atoms with van der Waals surface area (Å²) in [4.78, 5) is 33.8. The van der Waals surface area contributed by atoms with Gasteiger partial charge in [-0.2, -0.15) is 0 Å². The van der Waals surface area contributed by atoms with Gasteiger partial charge < -0.3 is 13.9 Å². The SMILES string of the molecule is CCCCCOc1ccc(C2c3c(oc4ccc(Cl)cc4c3=O)C(=O)N2c2cccc(C)n2)cc1OCC. The number of ether oxygens (including phenoxy) is 2. The van der Waals surface area contributed by atoms with Crippen molar-refractivity contribution in [3.8, 4) is 11.5 Å². The second-order valence-electron chi connectivity index (χ2n) is 9.22. The molecule has 38 heavy (non-hydrogen) atoms. The fourth-order valence-corrected chi connectivity index (χ4v) is 4.95. The molecule has 3 heterocycles. The minimum absolute atomic E-state index is 0.00372. The summed E-state index contributed by atoms with van der Waals surface area (Å²) in [6, 6.07) is 15.0. The van der Waals surface area contributed by atoms with Crippen LogP contribution in [0.25, 0.3) is 11.0 Å². The molecule has 196 valence electrons. The fraction of sp³-hybridized carbons (Fsp3) is 0.300. The van der Waals surface area contributed by atoms with Crippen molar-refractivity contribution in [2.24, 2.45) is 0 Å². The molecule has 8 heteroatoms. The van der Waals surface area contributed by atoms with E-state index in [-0.39, 0.29) is 16.8 Å². The lowest BCUT2D eigenvalue weighted by Crippen LogP contribution is -2.30. The number of carbonyl (C=O) groups is 1. The van der Waals surface area contributed by atoms with Crippen LogP contribution in [0.4, 0.5) is 5.82 Å². The molecule has 0 spiro atoms. The number of halogens is 1. The van der Waals surface area contributed by atoms with Crippen LogP contribution in [0.3, 0.4) is 0 Å². The lowest BCUT2D eigenvalue weighted by molar-refractivity contribution is 0.0970. The molecule has 0 bridgehead atoms. The van der Waals surface area contributed by atoms with Crippen LogP contribution in [-0.2, 0) is 0 Å². The second-order valence-corrected chi connectivity index (χ2v) is 9.66. The molecule has 0 radical (unpaired) electrons. The van der Waals surface area contributed by atoms with Crippen molar-refractivity contribution in [2.45, 2.75) is 46.1 Å². The Morgan fingerprint density at radius 1 is 1.00 bits per heavy atom. The third-order valence-corrected chi connectivity index (χ3v) is 6.78. The van der Waals surface area contributed by atoms with Crippen LogP contribution in [-0.4, -0.2) is 24.1 Å². The molecule has 1 aliphatic heterocycles. The number of hydrogen-bond donors (Lipinski definition) is 0. The minimum Gasteiger partial charge on any atom is -0.490 e. The third-order valence-electron chi connectivity index (χ3n) is 6.54. The van der Waals surface area contributed by atoms with Crippen molar-refractivity contribution in [1.29, 1.82) is 0 Å². The number of benzene rings is 2. The predicted molar refractivity (Wildman–Crippen MR) is 148 cm³/mol. The molecule has 1 amide bonds. The minimum atomic E-state index is -0.778. The summed E-state index contributed by atoms with van der Waals surface area (Å²) in [5.74, 6) is 1.15. The lowest BCUT2D eigenvalue weighted by Gasteiger charge is -2.25. The summed E-state index contributed by atoms with van der Waals surface area (Å²) in [6.45, 7) is 6.90. The molecule has 0 aliphatic carbocycles. The molecule has 4 aromatic rings. The Morgan fingerprint density at radius 2 is 1.84 bits per heavy atom. The van der Waals surface area contributed by atoms with Crippen molar-refractivity contribution in [3.05, 3.63) is 92.4 Å². The molecule has 7 nitrogen and oxygen atoms in total. The Bertz CT molecular complexity index is 1560. The molecule has 2 aromatic carbocycles. The topological polar surface area (TPSA) is 81.9 Å². The fourth-order valence-electron chi connectivity index (χ4n) is 4.78. The van der Waals surface area contributed by atoms with Crippen molar-refractivity contribution >= 4 is 34.3 Å². The number of hydrogen-bond acceptors (Lipinski definition) is 6. The van der Waals surface area contributed by atoms with Gasteiger partial charge in [0.1, 0.15) is 11.4 Å².